The van der Waals surface area contributed by atoms with Gasteiger partial charge in [-0.3, -0.25) is 0 Å². The van der Waals surface area contributed by atoms with E-state index in [1.807, 2.05) is 0 Å². The van der Waals surface area contributed by atoms with Crippen molar-refractivity contribution in [2.75, 3.05) is 0 Å². The van der Waals surface area contributed by atoms with Crippen LogP contribution in [0.15, 0.2) is 0 Å². The third kappa shape index (κ3) is 18.5. The van der Waals surface area contributed by atoms with Crippen molar-refractivity contribution in [2.24, 2.45) is 0 Å². The molecular weight excluding hydrogens is 387 g/mol. The minimum Gasteiger partial charge on any atom is -0.790 e. The Bertz CT molecular complexity index is 155. The van der Waals surface area contributed by atoms with Gasteiger partial charge in [-0.2, -0.15) is 0 Å². The van der Waals surface area contributed by atoms with Gasteiger partial charge in [0.2, 0.25) is 0 Å². The monoisotopic (exact) mass is 386 g/mol. The summed E-state index contributed by atoms with van der Waals surface area (Å²) in [6, 6.07) is 0. The first-order chi connectivity index (χ1) is 3.71. The Balaban J connectivity index is -0.000000320. The van der Waals surface area contributed by atoms with Gasteiger partial charge in [0.1, 0.15) is 0 Å². The Morgan fingerprint density at radius 3 is 1.00 bits per heavy atom. The zero-order chi connectivity index (χ0) is 7.71. The fraction of sp³-hybridized carbons (Fsp3) is 0. The maximum atomic E-state index is 9.32. The van der Waals surface area contributed by atoms with E-state index in [-0.39, 0.29) is 40.8 Å². The first kappa shape index (κ1) is 18.4. The van der Waals surface area contributed by atoms with Crippen LogP contribution < -0.4 is 19.6 Å². The number of phosphoric acid groups is 2. The van der Waals surface area contributed by atoms with E-state index in [2.05, 4.69) is 4.31 Å². The van der Waals surface area contributed by atoms with Crippen LogP contribution in [0.25, 0.3) is 0 Å². The van der Waals surface area contributed by atoms with Crippen LogP contribution in [0.1, 0.15) is 0 Å². The summed E-state index contributed by atoms with van der Waals surface area (Å²) in [5, 5.41) is 0. The van der Waals surface area contributed by atoms with Gasteiger partial charge in [0.05, 0.1) is 15.6 Å². The predicted molar refractivity (Wildman–Crippen MR) is 16.3 cm³/mol. The van der Waals surface area contributed by atoms with Crippen molar-refractivity contribution >= 4 is 15.6 Å². The van der Waals surface area contributed by atoms with Crippen molar-refractivity contribution in [1.29, 1.82) is 0 Å². The summed E-state index contributed by atoms with van der Waals surface area (Å²) >= 11 is 0. The van der Waals surface area contributed by atoms with Crippen molar-refractivity contribution in [3.05, 3.63) is 0 Å². The first-order valence-corrected chi connectivity index (χ1v) is 4.38. The number of rotatable bonds is 2. The second-order valence-corrected chi connectivity index (χ2v) is 3.42. The molecule has 0 aromatic heterocycles. The molecule has 72 valence electrons. The third-order valence-corrected chi connectivity index (χ3v) is 1.80. The predicted octanol–water partition coefficient (Wildman–Crippen LogP) is -3.34. The SMILES string of the molecule is O=P([O-])([O-])OP(=O)([O-])[O-].[Pd+2].[Pd+2]. The summed E-state index contributed by atoms with van der Waals surface area (Å²) in [7, 11) is -11.4. The maximum Gasteiger partial charge on any atom is 2.00 e. The van der Waals surface area contributed by atoms with E-state index in [1.165, 1.54) is 0 Å². The molecule has 0 rings (SSSR count). The third-order valence-electron chi connectivity index (χ3n) is 0.200. The van der Waals surface area contributed by atoms with Crippen LogP contribution in [-0.4, -0.2) is 0 Å². The van der Waals surface area contributed by atoms with Crippen LogP contribution in [0.2, 0.25) is 0 Å². The molecule has 7 nitrogen and oxygen atoms in total. The molecule has 0 amide bonds. The van der Waals surface area contributed by atoms with E-state index in [0.717, 1.165) is 0 Å². The average Bonchev–Trinajstić information content (AvgIpc) is 1.14. The van der Waals surface area contributed by atoms with Crippen molar-refractivity contribution in [2.45, 2.75) is 0 Å². The molecule has 0 unspecified atom stereocenters. The van der Waals surface area contributed by atoms with E-state index in [9.17, 15) is 28.7 Å². The van der Waals surface area contributed by atoms with Gasteiger partial charge >= 0.3 is 40.8 Å². The quantitative estimate of drug-likeness (QED) is 0.357. The minimum absolute atomic E-state index is 0. The van der Waals surface area contributed by atoms with Gasteiger partial charge in [-0.25, -0.2) is 0 Å². The smallest absolute Gasteiger partial charge is 0.790 e. The van der Waals surface area contributed by atoms with Crippen LogP contribution in [0.5, 0.6) is 0 Å². The number of hydrogen-bond donors (Lipinski definition) is 0. The van der Waals surface area contributed by atoms with E-state index in [1.54, 1.807) is 0 Å². The molecule has 0 saturated carbocycles. The Hall–Kier alpha value is 1.58. The summed E-state index contributed by atoms with van der Waals surface area (Å²) in [5.74, 6) is 0. The fourth-order valence-corrected chi connectivity index (χ4v) is 1.10. The van der Waals surface area contributed by atoms with E-state index in [4.69, 9.17) is 0 Å². The molecule has 0 spiro atoms. The van der Waals surface area contributed by atoms with Gasteiger partial charge in [-0.15, -0.1) is 0 Å². The summed E-state index contributed by atoms with van der Waals surface area (Å²) < 4.78 is 21.2. The molecule has 11 heavy (non-hydrogen) atoms. The molecule has 0 saturated heterocycles. The molecule has 0 N–H and O–H groups in total. The van der Waals surface area contributed by atoms with Crippen LogP contribution in [-0.2, 0) is 54.3 Å². The Kier molecular flexibility index (Phi) is 10.2. The van der Waals surface area contributed by atoms with Crippen molar-refractivity contribution in [1.82, 2.24) is 0 Å². The molecule has 0 atom stereocenters. The Morgan fingerprint density at radius 2 is 1.00 bits per heavy atom. The summed E-state index contributed by atoms with van der Waals surface area (Å²) in [6.07, 6.45) is 0. The topological polar surface area (TPSA) is 136 Å². The maximum absolute atomic E-state index is 9.32. The molecule has 0 aliphatic rings. The van der Waals surface area contributed by atoms with Crippen molar-refractivity contribution < 1.29 is 73.9 Å². The second kappa shape index (κ2) is 6.10. The standard InChI is InChI=1S/H4O7P2.2Pd/c1-8(2,3)7-9(4,5)6;;/h(H2,1,2,3)(H2,4,5,6);;/q;2*+2/p-4. The van der Waals surface area contributed by atoms with Crippen molar-refractivity contribution in [3.8, 4) is 0 Å². The van der Waals surface area contributed by atoms with Crippen LogP contribution in [0.4, 0.5) is 0 Å². The Morgan fingerprint density at radius 1 is 0.818 bits per heavy atom. The molecular formula is O7P2Pd2. The van der Waals surface area contributed by atoms with Gasteiger partial charge in [0, 0.05) is 0 Å². The van der Waals surface area contributed by atoms with Crippen molar-refractivity contribution in [3.63, 3.8) is 0 Å². The van der Waals surface area contributed by atoms with Gasteiger partial charge in [0.15, 0.2) is 0 Å². The average molecular weight is 387 g/mol. The Labute approximate surface area is 89.3 Å². The zero-order valence-electron chi connectivity index (χ0n) is 4.38. The molecule has 0 aromatic rings. The molecule has 0 bridgehead atoms. The van der Waals surface area contributed by atoms with E-state index < -0.39 is 15.6 Å². The second-order valence-electron chi connectivity index (χ2n) is 0.976. The summed E-state index contributed by atoms with van der Waals surface area (Å²) in [4.78, 5) is 37.3. The molecule has 0 aliphatic carbocycles. The minimum atomic E-state index is -5.68. The van der Waals surface area contributed by atoms with Gasteiger partial charge in [-0.1, -0.05) is 0 Å². The van der Waals surface area contributed by atoms with E-state index in [0.29, 0.717) is 0 Å². The molecule has 0 radical (unpaired) electrons. The normalized spacial score (nSPS) is 11.3. The van der Waals surface area contributed by atoms with E-state index >= 15 is 0 Å². The van der Waals surface area contributed by atoms with Gasteiger partial charge < -0.3 is 33.0 Å². The molecule has 11 heteroatoms. The van der Waals surface area contributed by atoms with Crippen LogP contribution >= 0.6 is 15.6 Å². The first-order valence-electron chi connectivity index (χ1n) is 1.46. The fourth-order valence-electron chi connectivity index (χ4n) is 0.122. The van der Waals surface area contributed by atoms with Gasteiger partial charge in [-0.05, 0) is 0 Å². The van der Waals surface area contributed by atoms with Crippen LogP contribution in [0, 0.1) is 0 Å². The van der Waals surface area contributed by atoms with Crippen LogP contribution in [0.3, 0.4) is 0 Å². The molecule has 0 aromatic carbocycles. The molecule has 0 heterocycles. The largest absolute Gasteiger partial charge is 2.00 e. The summed E-state index contributed by atoms with van der Waals surface area (Å²) in [6.45, 7) is 0. The zero-order valence-corrected chi connectivity index (χ0v) is 9.28. The van der Waals surface area contributed by atoms with Gasteiger partial charge in [0.25, 0.3) is 0 Å². The molecule has 0 aliphatic heterocycles. The number of hydrogen-bond acceptors (Lipinski definition) is 7. The molecule has 0 fully saturated rings. The summed E-state index contributed by atoms with van der Waals surface area (Å²) in [5.41, 5.74) is 0.